The normalized spacial score (nSPS) is 14.2. The van der Waals surface area contributed by atoms with E-state index in [1.807, 2.05) is 32.0 Å². The number of carbonyl (C=O) groups excluding carboxylic acids is 2. The van der Waals surface area contributed by atoms with Crippen LogP contribution < -0.4 is 10.6 Å². The Bertz CT molecular complexity index is 1050. The van der Waals surface area contributed by atoms with Gasteiger partial charge >= 0.3 is 0 Å². The second kappa shape index (κ2) is 5.98. The van der Waals surface area contributed by atoms with Crippen LogP contribution in [0.25, 0.3) is 10.9 Å². The van der Waals surface area contributed by atoms with E-state index in [2.05, 4.69) is 15.6 Å². The fraction of sp³-hybridized carbons (Fsp3) is 0.200. The van der Waals surface area contributed by atoms with Crippen LogP contribution >= 0.6 is 0 Å². The van der Waals surface area contributed by atoms with Crippen molar-refractivity contribution in [3.05, 3.63) is 64.6 Å². The fourth-order valence-corrected chi connectivity index (χ4v) is 3.37. The lowest BCUT2D eigenvalue weighted by molar-refractivity contribution is -0.115. The number of halogens is 1. The number of aryl methyl sites for hydroxylation is 1. The van der Waals surface area contributed by atoms with Gasteiger partial charge < -0.3 is 15.6 Å². The van der Waals surface area contributed by atoms with Crippen LogP contribution in [0.3, 0.4) is 0 Å². The van der Waals surface area contributed by atoms with Crippen LogP contribution in [-0.2, 0) is 11.2 Å². The Morgan fingerprint density at radius 2 is 2.04 bits per heavy atom. The lowest BCUT2D eigenvalue weighted by Crippen LogP contribution is -2.26. The minimum atomic E-state index is -0.335. The first-order valence-corrected chi connectivity index (χ1v) is 8.43. The zero-order chi connectivity index (χ0) is 18.4. The van der Waals surface area contributed by atoms with E-state index < -0.39 is 0 Å². The Hall–Kier alpha value is -3.15. The van der Waals surface area contributed by atoms with Gasteiger partial charge in [0.25, 0.3) is 5.91 Å². The predicted octanol–water partition coefficient (Wildman–Crippen LogP) is 3.60. The molecule has 26 heavy (non-hydrogen) atoms. The molecule has 1 aliphatic rings. The van der Waals surface area contributed by atoms with Crippen molar-refractivity contribution in [1.82, 2.24) is 10.3 Å². The number of hydrogen-bond donors (Lipinski definition) is 3. The smallest absolute Gasteiger partial charge is 0.268 e. The molecule has 6 heteroatoms. The standard InChI is InChI=1S/C20H18FN3O2/c1-10-5-14(21)8-17-15(10)9-18(23-17)20(26)22-11(2)12-3-4-16-13(6-12)7-19(25)24-16/h3-6,8-9,11,23H,7H2,1-2H3,(H,22,26)(H,24,25). The second-order valence-electron chi connectivity index (χ2n) is 6.70. The lowest BCUT2D eigenvalue weighted by atomic mass is 10.0. The SMILES string of the molecule is Cc1cc(F)cc2[nH]c(C(=O)NC(C)c3ccc4c(c3)CC(=O)N4)cc12. The number of carbonyl (C=O) groups is 2. The third-order valence-corrected chi connectivity index (χ3v) is 4.76. The summed E-state index contributed by atoms with van der Waals surface area (Å²) >= 11 is 0. The quantitative estimate of drug-likeness (QED) is 0.674. The first-order chi connectivity index (χ1) is 12.4. The van der Waals surface area contributed by atoms with Crippen molar-refractivity contribution in [3.8, 4) is 0 Å². The lowest BCUT2D eigenvalue weighted by Gasteiger charge is -2.14. The van der Waals surface area contributed by atoms with Crippen molar-refractivity contribution in [2.75, 3.05) is 5.32 Å². The van der Waals surface area contributed by atoms with Gasteiger partial charge in [0, 0.05) is 16.6 Å². The highest BCUT2D eigenvalue weighted by Crippen LogP contribution is 2.27. The van der Waals surface area contributed by atoms with Gasteiger partial charge in [0.15, 0.2) is 0 Å². The van der Waals surface area contributed by atoms with E-state index in [1.54, 1.807) is 6.07 Å². The molecule has 0 fully saturated rings. The number of anilines is 1. The molecule has 5 nitrogen and oxygen atoms in total. The third kappa shape index (κ3) is 2.83. The van der Waals surface area contributed by atoms with Gasteiger partial charge in [0.05, 0.1) is 12.5 Å². The molecule has 1 aliphatic heterocycles. The maximum Gasteiger partial charge on any atom is 0.268 e. The summed E-state index contributed by atoms with van der Waals surface area (Å²) < 4.78 is 13.5. The van der Waals surface area contributed by atoms with Crippen LogP contribution in [0, 0.1) is 12.7 Å². The maximum atomic E-state index is 13.5. The molecule has 4 rings (SSSR count). The van der Waals surface area contributed by atoms with Crippen LogP contribution in [0.4, 0.5) is 10.1 Å². The summed E-state index contributed by atoms with van der Waals surface area (Å²) in [5, 5.41) is 6.56. The molecule has 2 amide bonds. The Morgan fingerprint density at radius 3 is 2.85 bits per heavy atom. The average molecular weight is 351 g/mol. The predicted molar refractivity (Wildman–Crippen MR) is 97.7 cm³/mol. The number of benzene rings is 2. The van der Waals surface area contributed by atoms with Gasteiger partial charge in [-0.3, -0.25) is 9.59 Å². The van der Waals surface area contributed by atoms with E-state index in [1.165, 1.54) is 12.1 Å². The molecule has 132 valence electrons. The largest absolute Gasteiger partial charge is 0.350 e. The Morgan fingerprint density at radius 1 is 1.23 bits per heavy atom. The van der Waals surface area contributed by atoms with Gasteiger partial charge in [0.2, 0.25) is 5.91 Å². The van der Waals surface area contributed by atoms with Crippen molar-refractivity contribution in [1.29, 1.82) is 0 Å². The summed E-state index contributed by atoms with van der Waals surface area (Å²) in [4.78, 5) is 27.0. The van der Waals surface area contributed by atoms with Gasteiger partial charge in [-0.2, -0.15) is 0 Å². The Labute approximate surface area is 149 Å². The van der Waals surface area contributed by atoms with Gasteiger partial charge in [-0.05, 0) is 54.8 Å². The zero-order valence-corrected chi connectivity index (χ0v) is 14.4. The molecule has 0 spiro atoms. The first-order valence-electron chi connectivity index (χ1n) is 8.43. The maximum absolute atomic E-state index is 13.5. The molecule has 0 bridgehead atoms. The van der Waals surface area contributed by atoms with Crippen LogP contribution in [0.2, 0.25) is 0 Å². The topological polar surface area (TPSA) is 74.0 Å². The molecule has 3 aromatic rings. The molecular formula is C20H18FN3O2. The highest BCUT2D eigenvalue weighted by molar-refractivity contribution is 6.00. The van der Waals surface area contributed by atoms with E-state index in [0.29, 0.717) is 17.6 Å². The van der Waals surface area contributed by atoms with Crippen LogP contribution in [0.5, 0.6) is 0 Å². The molecule has 1 unspecified atom stereocenters. The van der Waals surface area contributed by atoms with E-state index in [4.69, 9.17) is 0 Å². The molecule has 1 aromatic heterocycles. The van der Waals surface area contributed by atoms with Crippen molar-refractivity contribution < 1.29 is 14.0 Å². The van der Waals surface area contributed by atoms with Gasteiger partial charge in [-0.25, -0.2) is 4.39 Å². The minimum Gasteiger partial charge on any atom is -0.350 e. The second-order valence-corrected chi connectivity index (χ2v) is 6.70. The van der Waals surface area contributed by atoms with Gasteiger partial charge in [0.1, 0.15) is 11.5 Å². The van der Waals surface area contributed by atoms with Crippen molar-refractivity contribution in [3.63, 3.8) is 0 Å². The third-order valence-electron chi connectivity index (χ3n) is 4.76. The van der Waals surface area contributed by atoms with Crippen molar-refractivity contribution in [2.45, 2.75) is 26.3 Å². The molecule has 2 heterocycles. The number of fused-ring (bicyclic) bond motifs is 2. The number of H-pyrrole nitrogens is 1. The monoisotopic (exact) mass is 351 g/mol. The summed E-state index contributed by atoms with van der Waals surface area (Å²) in [6.45, 7) is 3.70. The number of aromatic nitrogens is 1. The number of aromatic amines is 1. The Balaban J connectivity index is 1.55. The number of nitrogens with one attached hydrogen (secondary N) is 3. The van der Waals surface area contributed by atoms with Crippen molar-refractivity contribution >= 4 is 28.4 Å². The summed E-state index contributed by atoms with van der Waals surface area (Å²) in [5.74, 6) is -0.615. The van der Waals surface area contributed by atoms with Crippen molar-refractivity contribution in [2.24, 2.45) is 0 Å². The van der Waals surface area contributed by atoms with Crippen LogP contribution in [-0.4, -0.2) is 16.8 Å². The van der Waals surface area contributed by atoms with E-state index in [-0.39, 0.29) is 23.7 Å². The van der Waals surface area contributed by atoms with Gasteiger partial charge in [-0.1, -0.05) is 12.1 Å². The molecular weight excluding hydrogens is 333 g/mol. The van der Waals surface area contributed by atoms with E-state index >= 15 is 0 Å². The van der Waals surface area contributed by atoms with Crippen LogP contribution in [0.1, 0.15) is 40.1 Å². The summed E-state index contributed by atoms with van der Waals surface area (Å²) in [7, 11) is 0. The van der Waals surface area contributed by atoms with E-state index in [9.17, 15) is 14.0 Å². The number of rotatable bonds is 3. The highest BCUT2D eigenvalue weighted by atomic mass is 19.1. The molecule has 0 radical (unpaired) electrons. The highest BCUT2D eigenvalue weighted by Gasteiger charge is 2.20. The zero-order valence-electron chi connectivity index (χ0n) is 14.4. The molecule has 0 aliphatic carbocycles. The molecule has 3 N–H and O–H groups in total. The van der Waals surface area contributed by atoms with Gasteiger partial charge in [-0.15, -0.1) is 0 Å². The molecule has 0 saturated carbocycles. The first kappa shape index (κ1) is 16.3. The summed E-state index contributed by atoms with van der Waals surface area (Å²) in [6.07, 6.45) is 0.358. The average Bonchev–Trinajstić information content (AvgIpc) is 3.16. The number of amides is 2. The Kier molecular flexibility index (Phi) is 3.76. The minimum absolute atomic E-state index is 0.0190. The van der Waals surface area contributed by atoms with Crippen LogP contribution in [0.15, 0.2) is 36.4 Å². The number of hydrogen-bond acceptors (Lipinski definition) is 2. The summed E-state index contributed by atoms with van der Waals surface area (Å²) in [6, 6.07) is 10.0. The summed E-state index contributed by atoms with van der Waals surface area (Å²) in [5.41, 5.74) is 4.45. The fourth-order valence-electron chi connectivity index (χ4n) is 3.37. The molecule has 1 atom stereocenters. The molecule has 0 saturated heterocycles. The van der Waals surface area contributed by atoms with E-state index in [0.717, 1.165) is 27.8 Å². The molecule has 2 aromatic carbocycles.